The third-order valence-corrected chi connectivity index (χ3v) is 6.77. The summed E-state index contributed by atoms with van der Waals surface area (Å²) in [5, 5.41) is 7.93. The molecule has 4 N–H and O–H groups in total. The van der Waals surface area contributed by atoms with Crippen LogP contribution in [0.3, 0.4) is 0 Å². The van der Waals surface area contributed by atoms with Gasteiger partial charge in [-0.25, -0.2) is 9.97 Å². The minimum Gasteiger partial charge on any atom is -0.366 e. The summed E-state index contributed by atoms with van der Waals surface area (Å²) in [6, 6.07) is 16.0. The Balaban J connectivity index is 1.62. The summed E-state index contributed by atoms with van der Waals surface area (Å²) in [4.78, 5) is 22.9. The van der Waals surface area contributed by atoms with Gasteiger partial charge in [-0.15, -0.1) is 11.3 Å². The topological polar surface area (TPSA) is 92.9 Å². The minimum absolute atomic E-state index is 0.416. The van der Waals surface area contributed by atoms with Crippen molar-refractivity contribution in [3.05, 3.63) is 75.8 Å². The summed E-state index contributed by atoms with van der Waals surface area (Å²) in [6.45, 7) is 4.39. The minimum atomic E-state index is -0.416. The van der Waals surface area contributed by atoms with Gasteiger partial charge >= 0.3 is 0 Å². The number of nitrogens with two attached hydrogens (primary N) is 1. The molecule has 3 heterocycles. The lowest BCUT2D eigenvalue weighted by Crippen LogP contribution is -2.26. The molecule has 4 aromatic rings. The van der Waals surface area contributed by atoms with Gasteiger partial charge in [0.05, 0.1) is 11.3 Å². The van der Waals surface area contributed by atoms with Crippen LogP contribution in [-0.2, 0) is 19.5 Å². The number of rotatable bonds is 5. The van der Waals surface area contributed by atoms with Crippen molar-refractivity contribution in [2.45, 2.75) is 26.4 Å². The fourth-order valence-electron chi connectivity index (χ4n) is 4.09. The molecule has 0 saturated heterocycles. The Morgan fingerprint density at radius 3 is 2.81 bits per heavy atom. The summed E-state index contributed by atoms with van der Waals surface area (Å²) in [5.74, 6) is 1.14. The number of amides is 1. The van der Waals surface area contributed by atoms with Crippen LogP contribution in [0.5, 0.6) is 0 Å². The molecule has 2 aromatic heterocycles. The van der Waals surface area contributed by atoms with Crippen LogP contribution < -0.4 is 16.4 Å². The predicted octanol–water partition coefficient (Wildman–Crippen LogP) is 4.02. The Hall–Kier alpha value is -3.29. The smallest absolute Gasteiger partial charge is 0.250 e. The Labute approximate surface area is 184 Å². The molecule has 0 bridgehead atoms. The summed E-state index contributed by atoms with van der Waals surface area (Å²) < 4.78 is 0.893. The van der Waals surface area contributed by atoms with Crippen molar-refractivity contribution in [3.63, 3.8) is 0 Å². The van der Waals surface area contributed by atoms with E-state index in [9.17, 15) is 4.79 Å². The number of hydrogen-bond donors (Lipinski definition) is 3. The first-order chi connectivity index (χ1) is 15.1. The highest BCUT2D eigenvalue weighted by molar-refractivity contribution is 7.20. The monoisotopic (exact) mass is 429 g/mol. The fraction of sp³-hybridized carbons (Fsp3) is 0.208. The number of benzene rings is 2. The Morgan fingerprint density at radius 2 is 2.00 bits per heavy atom. The molecule has 0 radical (unpaired) electrons. The van der Waals surface area contributed by atoms with E-state index in [1.54, 1.807) is 17.4 Å². The van der Waals surface area contributed by atoms with Crippen LogP contribution in [0.1, 0.15) is 32.1 Å². The molecule has 0 spiro atoms. The van der Waals surface area contributed by atoms with Crippen LogP contribution in [0.2, 0.25) is 0 Å². The van der Waals surface area contributed by atoms with Crippen molar-refractivity contribution in [2.75, 3.05) is 11.9 Å². The molecule has 0 unspecified atom stereocenters. The van der Waals surface area contributed by atoms with Crippen LogP contribution in [0.4, 0.5) is 5.82 Å². The lowest BCUT2D eigenvalue weighted by molar-refractivity contribution is 0.100. The zero-order valence-electron chi connectivity index (χ0n) is 17.2. The Morgan fingerprint density at radius 1 is 1.16 bits per heavy atom. The van der Waals surface area contributed by atoms with E-state index in [1.807, 2.05) is 37.3 Å². The zero-order chi connectivity index (χ0) is 21.4. The lowest BCUT2D eigenvalue weighted by atomic mass is 10.0. The molecule has 1 aliphatic rings. The SMILES string of the molecule is Cc1sc2c(C(N)=O)cccc2c1-c1nc2c(c(NCc3ccccc3)n1)CNCC2. The van der Waals surface area contributed by atoms with E-state index in [0.29, 0.717) is 17.9 Å². The number of nitrogens with zero attached hydrogens (tertiary/aromatic N) is 2. The zero-order valence-corrected chi connectivity index (χ0v) is 18.1. The van der Waals surface area contributed by atoms with Gasteiger partial charge in [0.15, 0.2) is 5.82 Å². The molecule has 0 aliphatic carbocycles. The van der Waals surface area contributed by atoms with Gasteiger partial charge in [0, 0.05) is 52.1 Å². The number of carbonyl (C=O) groups is 1. The highest BCUT2D eigenvalue weighted by Crippen LogP contribution is 2.39. The number of aryl methyl sites for hydroxylation is 1. The Kier molecular flexibility index (Phi) is 5.13. The second-order valence-corrected chi connectivity index (χ2v) is 8.89. The normalized spacial score (nSPS) is 13.2. The van der Waals surface area contributed by atoms with Crippen LogP contribution in [-0.4, -0.2) is 22.4 Å². The van der Waals surface area contributed by atoms with Gasteiger partial charge in [-0.1, -0.05) is 42.5 Å². The largest absolute Gasteiger partial charge is 0.366 e. The van der Waals surface area contributed by atoms with Crippen molar-refractivity contribution >= 4 is 33.1 Å². The average molecular weight is 430 g/mol. The van der Waals surface area contributed by atoms with E-state index in [2.05, 4.69) is 22.8 Å². The molecule has 0 fully saturated rings. The van der Waals surface area contributed by atoms with Crippen molar-refractivity contribution in [1.29, 1.82) is 0 Å². The molecule has 0 saturated carbocycles. The van der Waals surface area contributed by atoms with Gasteiger partial charge in [0.2, 0.25) is 5.91 Å². The molecule has 2 aromatic carbocycles. The van der Waals surface area contributed by atoms with Gasteiger partial charge in [-0.05, 0) is 18.6 Å². The number of primary amides is 1. The summed E-state index contributed by atoms with van der Waals surface area (Å²) in [5.41, 5.74) is 10.5. The van der Waals surface area contributed by atoms with Gasteiger partial charge < -0.3 is 16.4 Å². The van der Waals surface area contributed by atoms with Crippen molar-refractivity contribution in [2.24, 2.45) is 5.73 Å². The molecular formula is C24H23N5OS. The third-order valence-electron chi connectivity index (χ3n) is 5.62. The maximum absolute atomic E-state index is 11.9. The number of thiophene rings is 1. The number of fused-ring (bicyclic) bond motifs is 2. The Bertz CT molecular complexity index is 1280. The number of nitrogens with one attached hydrogen (secondary N) is 2. The maximum Gasteiger partial charge on any atom is 0.250 e. The van der Waals surface area contributed by atoms with Crippen LogP contribution in [0, 0.1) is 6.92 Å². The van der Waals surface area contributed by atoms with E-state index in [0.717, 1.165) is 57.1 Å². The molecule has 5 rings (SSSR count). The molecule has 0 atom stereocenters. The van der Waals surface area contributed by atoms with Gasteiger partial charge in [-0.3, -0.25) is 4.79 Å². The first-order valence-corrected chi connectivity index (χ1v) is 11.1. The van der Waals surface area contributed by atoms with E-state index in [4.69, 9.17) is 15.7 Å². The molecule has 1 aliphatic heterocycles. The van der Waals surface area contributed by atoms with Gasteiger partial charge in [0.25, 0.3) is 0 Å². The average Bonchev–Trinajstić information content (AvgIpc) is 3.13. The van der Waals surface area contributed by atoms with Gasteiger partial charge in [-0.2, -0.15) is 0 Å². The van der Waals surface area contributed by atoms with Crippen LogP contribution in [0.15, 0.2) is 48.5 Å². The van der Waals surface area contributed by atoms with Crippen LogP contribution in [0.25, 0.3) is 21.5 Å². The predicted molar refractivity (Wildman–Crippen MR) is 125 cm³/mol. The number of aromatic nitrogens is 2. The van der Waals surface area contributed by atoms with E-state index in [1.165, 1.54) is 5.56 Å². The second-order valence-electron chi connectivity index (χ2n) is 7.67. The molecule has 31 heavy (non-hydrogen) atoms. The quantitative estimate of drug-likeness (QED) is 0.446. The van der Waals surface area contributed by atoms with Crippen molar-refractivity contribution < 1.29 is 4.79 Å². The summed E-state index contributed by atoms with van der Waals surface area (Å²) in [7, 11) is 0. The number of hydrogen-bond acceptors (Lipinski definition) is 6. The van der Waals surface area contributed by atoms with E-state index in [-0.39, 0.29) is 0 Å². The number of anilines is 1. The fourth-order valence-corrected chi connectivity index (χ4v) is 5.26. The van der Waals surface area contributed by atoms with Crippen LogP contribution >= 0.6 is 11.3 Å². The third kappa shape index (κ3) is 3.66. The van der Waals surface area contributed by atoms with Crippen molar-refractivity contribution in [1.82, 2.24) is 15.3 Å². The van der Waals surface area contributed by atoms with E-state index >= 15 is 0 Å². The first-order valence-electron chi connectivity index (χ1n) is 10.3. The first kappa shape index (κ1) is 19.7. The number of carbonyl (C=O) groups excluding carboxylic acids is 1. The molecular weight excluding hydrogens is 406 g/mol. The van der Waals surface area contributed by atoms with Crippen molar-refractivity contribution in [3.8, 4) is 11.4 Å². The molecule has 1 amide bonds. The standard InChI is InChI=1S/C24H23N5OS/c1-14-20(16-8-5-9-17(22(25)30)21(16)31-14)24-28-19-10-11-26-13-18(19)23(29-24)27-12-15-6-3-2-4-7-15/h2-9,26H,10-13H2,1H3,(H2,25,30)(H,27,28,29). The lowest BCUT2D eigenvalue weighted by Gasteiger charge is -2.21. The molecule has 7 heteroatoms. The molecule has 6 nitrogen and oxygen atoms in total. The summed E-state index contributed by atoms with van der Waals surface area (Å²) >= 11 is 1.57. The summed E-state index contributed by atoms with van der Waals surface area (Å²) in [6.07, 6.45) is 0.860. The van der Waals surface area contributed by atoms with Gasteiger partial charge in [0.1, 0.15) is 5.82 Å². The maximum atomic E-state index is 11.9. The highest BCUT2D eigenvalue weighted by atomic mass is 32.1. The van der Waals surface area contributed by atoms with E-state index < -0.39 is 5.91 Å². The highest BCUT2D eigenvalue weighted by Gasteiger charge is 2.22. The molecule has 156 valence electrons. The second kappa shape index (κ2) is 8.09.